The van der Waals surface area contributed by atoms with Gasteiger partial charge in [0.15, 0.2) is 0 Å². The molecule has 0 bridgehead atoms. The van der Waals surface area contributed by atoms with Crippen molar-refractivity contribution in [2.24, 2.45) is 0 Å². The molecule has 1 aliphatic rings. The SMILES string of the molecule is CC(=O)Nc1ccc(S(=O)(=O)N2CC(C)N(CCc3ccccc3)C(C)C2)cc1. The minimum Gasteiger partial charge on any atom is -0.326 e. The van der Waals surface area contributed by atoms with E-state index in [1.165, 1.54) is 12.5 Å². The molecular formula is C22H29N3O3S. The Labute approximate surface area is 173 Å². The van der Waals surface area contributed by atoms with Crippen molar-refractivity contribution in [3.8, 4) is 0 Å². The fourth-order valence-electron chi connectivity index (χ4n) is 3.91. The van der Waals surface area contributed by atoms with Crippen LogP contribution in [0.25, 0.3) is 0 Å². The molecule has 0 aromatic heterocycles. The first kappa shape index (κ1) is 21.5. The summed E-state index contributed by atoms with van der Waals surface area (Å²) in [6.07, 6.45) is 0.951. The quantitative estimate of drug-likeness (QED) is 0.788. The van der Waals surface area contributed by atoms with Crippen molar-refractivity contribution in [3.63, 3.8) is 0 Å². The molecule has 0 saturated carbocycles. The number of nitrogens with zero attached hydrogens (tertiary/aromatic N) is 2. The fraction of sp³-hybridized carbons (Fsp3) is 0.409. The van der Waals surface area contributed by atoms with E-state index in [0.29, 0.717) is 18.8 Å². The number of piperazine rings is 1. The molecule has 2 atom stereocenters. The molecule has 1 saturated heterocycles. The average molecular weight is 416 g/mol. The van der Waals surface area contributed by atoms with Crippen LogP contribution < -0.4 is 5.32 Å². The number of carbonyl (C=O) groups excluding carboxylic acids is 1. The van der Waals surface area contributed by atoms with Crippen LogP contribution in [-0.4, -0.2) is 55.2 Å². The van der Waals surface area contributed by atoms with E-state index in [1.807, 2.05) is 18.2 Å². The molecule has 0 aliphatic carbocycles. The maximum Gasteiger partial charge on any atom is 0.243 e. The summed E-state index contributed by atoms with van der Waals surface area (Å²) < 4.78 is 27.8. The largest absolute Gasteiger partial charge is 0.326 e. The van der Waals surface area contributed by atoms with Crippen molar-refractivity contribution in [3.05, 3.63) is 60.2 Å². The van der Waals surface area contributed by atoms with E-state index >= 15 is 0 Å². The average Bonchev–Trinajstić information content (AvgIpc) is 2.68. The van der Waals surface area contributed by atoms with Gasteiger partial charge in [-0.1, -0.05) is 30.3 Å². The highest BCUT2D eigenvalue weighted by Crippen LogP contribution is 2.24. The molecule has 2 aromatic carbocycles. The summed E-state index contributed by atoms with van der Waals surface area (Å²) in [6, 6.07) is 17.0. The lowest BCUT2D eigenvalue weighted by Crippen LogP contribution is -2.58. The van der Waals surface area contributed by atoms with Crippen LogP contribution in [0.1, 0.15) is 26.3 Å². The number of hydrogen-bond donors (Lipinski definition) is 1. The molecule has 0 spiro atoms. The van der Waals surface area contributed by atoms with E-state index in [1.54, 1.807) is 28.6 Å². The third kappa shape index (κ3) is 5.23. The van der Waals surface area contributed by atoms with Gasteiger partial charge in [0.05, 0.1) is 4.90 Å². The molecule has 1 heterocycles. The van der Waals surface area contributed by atoms with Gasteiger partial charge in [0.2, 0.25) is 15.9 Å². The van der Waals surface area contributed by atoms with Crippen LogP contribution in [0.2, 0.25) is 0 Å². The number of sulfonamides is 1. The molecule has 6 nitrogen and oxygen atoms in total. The molecule has 1 N–H and O–H groups in total. The van der Waals surface area contributed by atoms with Gasteiger partial charge in [-0.15, -0.1) is 0 Å². The number of nitrogens with one attached hydrogen (secondary N) is 1. The topological polar surface area (TPSA) is 69.7 Å². The molecule has 2 aromatic rings. The Hall–Kier alpha value is -2.22. The number of hydrogen-bond acceptors (Lipinski definition) is 4. The molecule has 29 heavy (non-hydrogen) atoms. The van der Waals surface area contributed by atoms with Gasteiger partial charge >= 0.3 is 0 Å². The Morgan fingerprint density at radius 1 is 1.00 bits per heavy atom. The normalized spacial score (nSPS) is 21.1. The van der Waals surface area contributed by atoms with Crippen LogP contribution in [0.4, 0.5) is 5.69 Å². The minimum atomic E-state index is -3.57. The maximum atomic E-state index is 13.1. The van der Waals surface area contributed by atoms with Crippen molar-refractivity contribution in [1.82, 2.24) is 9.21 Å². The molecule has 1 amide bonds. The van der Waals surface area contributed by atoms with Gasteiger partial charge < -0.3 is 5.32 Å². The van der Waals surface area contributed by atoms with Gasteiger partial charge in [-0.05, 0) is 50.1 Å². The summed E-state index contributed by atoms with van der Waals surface area (Å²) in [5.74, 6) is -0.185. The summed E-state index contributed by atoms with van der Waals surface area (Å²) in [5.41, 5.74) is 1.88. The van der Waals surface area contributed by atoms with Crippen molar-refractivity contribution in [1.29, 1.82) is 0 Å². The highest BCUT2D eigenvalue weighted by molar-refractivity contribution is 7.89. The van der Waals surface area contributed by atoms with E-state index in [2.05, 4.69) is 36.2 Å². The van der Waals surface area contributed by atoms with E-state index in [-0.39, 0.29) is 22.9 Å². The van der Waals surface area contributed by atoms with E-state index in [9.17, 15) is 13.2 Å². The van der Waals surface area contributed by atoms with Crippen LogP contribution in [0, 0.1) is 0 Å². The lowest BCUT2D eigenvalue weighted by Gasteiger charge is -2.43. The second kappa shape index (κ2) is 9.07. The first-order valence-corrected chi connectivity index (χ1v) is 11.4. The van der Waals surface area contributed by atoms with Gasteiger partial charge in [-0.25, -0.2) is 8.42 Å². The lowest BCUT2D eigenvalue weighted by molar-refractivity contribution is -0.114. The number of amides is 1. The number of rotatable bonds is 6. The van der Waals surface area contributed by atoms with Crippen LogP contribution in [-0.2, 0) is 21.2 Å². The Bertz CT molecular complexity index is 918. The molecular weight excluding hydrogens is 386 g/mol. The highest BCUT2D eigenvalue weighted by Gasteiger charge is 2.35. The van der Waals surface area contributed by atoms with Gasteiger partial charge in [-0.2, -0.15) is 4.31 Å². The van der Waals surface area contributed by atoms with Gasteiger partial charge in [-0.3, -0.25) is 9.69 Å². The number of anilines is 1. The standard InChI is InChI=1S/C22H29N3O3S/c1-17-15-24(16-18(2)25(17)14-13-20-7-5-4-6-8-20)29(27,28)22-11-9-21(10-12-22)23-19(3)26/h4-12,17-18H,13-16H2,1-3H3,(H,23,26). The molecule has 2 unspecified atom stereocenters. The number of benzene rings is 2. The third-order valence-corrected chi connectivity index (χ3v) is 7.23. The zero-order valence-electron chi connectivity index (χ0n) is 17.2. The maximum absolute atomic E-state index is 13.1. The predicted molar refractivity (Wildman–Crippen MR) is 115 cm³/mol. The van der Waals surface area contributed by atoms with Crippen LogP contribution >= 0.6 is 0 Å². The van der Waals surface area contributed by atoms with Crippen molar-refractivity contribution < 1.29 is 13.2 Å². The second-order valence-corrected chi connectivity index (χ2v) is 9.64. The van der Waals surface area contributed by atoms with Gasteiger partial charge in [0, 0.05) is 44.3 Å². The summed E-state index contributed by atoms with van der Waals surface area (Å²) >= 11 is 0. The first-order valence-electron chi connectivity index (χ1n) is 9.95. The van der Waals surface area contributed by atoms with Crippen molar-refractivity contribution >= 4 is 21.6 Å². The van der Waals surface area contributed by atoms with E-state index in [4.69, 9.17) is 0 Å². The summed E-state index contributed by atoms with van der Waals surface area (Å²) in [4.78, 5) is 13.8. The lowest BCUT2D eigenvalue weighted by atomic mass is 10.1. The summed E-state index contributed by atoms with van der Waals surface area (Å²) in [6.45, 7) is 7.44. The highest BCUT2D eigenvalue weighted by atomic mass is 32.2. The smallest absolute Gasteiger partial charge is 0.243 e. The molecule has 0 radical (unpaired) electrons. The zero-order chi connectivity index (χ0) is 21.0. The molecule has 156 valence electrons. The van der Waals surface area contributed by atoms with E-state index < -0.39 is 10.0 Å². The predicted octanol–water partition coefficient (Wildman–Crippen LogP) is 2.97. The second-order valence-electron chi connectivity index (χ2n) is 7.70. The van der Waals surface area contributed by atoms with E-state index in [0.717, 1.165) is 13.0 Å². The van der Waals surface area contributed by atoms with Gasteiger partial charge in [0.25, 0.3) is 0 Å². The minimum absolute atomic E-state index is 0.135. The first-order chi connectivity index (χ1) is 13.8. The monoisotopic (exact) mass is 415 g/mol. The Morgan fingerprint density at radius 3 is 2.14 bits per heavy atom. The molecule has 1 fully saturated rings. The molecule has 1 aliphatic heterocycles. The molecule has 7 heteroatoms. The molecule has 3 rings (SSSR count). The zero-order valence-corrected chi connectivity index (χ0v) is 18.0. The number of carbonyl (C=O) groups is 1. The Kier molecular flexibility index (Phi) is 6.72. The van der Waals surface area contributed by atoms with Gasteiger partial charge in [0.1, 0.15) is 0 Å². The van der Waals surface area contributed by atoms with Crippen LogP contribution in [0.3, 0.4) is 0 Å². The van der Waals surface area contributed by atoms with Crippen LogP contribution in [0.5, 0.6) is 0 Å². The fourth-order valence-corrected chi connectivity index (χ4v) is 5.51. The Morgan fingerprint density at radius 2 is 1.59 bits per heavy atom. The third-order valence-electron chi connectivity index (χ3n) is 5.38. The summed E-state index contributed by atoms with van der Waals surface area (Å²) in [7, 11) is -3.57. The van der Waals surface area contributed by atoms with Crippen molar-refractivity contribution in [2.45, 2.75) is 44.2 Å². The van der Waals surface area contributed by atoms with Crippen molar-refractivity contribution in [2.75, 3.05) is 25.0 Å². The Balaban J connectivity index is 1.67. The van der Waals surface area contributed by atoms with Crippen LogP contribution in [0.15, 0.2) is 59.5 Å². The summed E-state index contributed by atoms with van der Waals surface area (Å²) in [5, 5.41) is 2.66.